The first-order valence-electron chi connectivity index (χ1n) is 14.5. The van der Waals surface area contributed by atoms with E-state index >= 15 is 0 Å². The van der Waals surface area contributed by atoms with Crippen LogP contribution in [-0.4, -0.2) is 27.9 Å². The van der Waals surface area contributed by atoms with Crippen molar-refractivity contribution in [2.75, 3.05) is 0 Å². The third-order valence-corrected chi connectivity index (χ3v) is 7.22. The molecule has 0 spiro atoms. The van der Waals surface area contributed by atoms with Crippen LogP contribution in [0.4, 0.5) is 0 Å². The van der Waals surface area contributed by atoms with Crippen molar-refractivity contribution in [1.29, 1.82) is 0 Å². The molecule has 0 atom stereocenters. The van der Waals surface area contributed by atoms with Crippen LogP contribution in [0.25, 0.3) is 38.8 Å². The van der Waals surface area contributed by atoms with Gasteiger partial charge in [-0.25, -0.2) is 4.79 Å². The highest BCUT2D eigenvalue weighted by Crippen LogP contribution is 2.40. The van der Waals surface area contributed by atoms with Gasteiger partial charge in [-0.05, 0) is 91.8 Å². The molecule has 0 unspecified atom stereocenters. The second kappa shape index (κ2) is 11.4. The van der Waals surface area contributed by atoms with Crippen molar-refractivity contribution in [2.24, 2.45) is 0 Å². The minimum atomic E-state index is -1.00. The van der Waals surface area contributed by atoms with Crippen molar-refractivity contribution < 1.29 is 19.4 Å². The first-order valence-corrected chi connectivity index (χ1v) is 14.5. The van der Waals surface area contributed by atoms with E-state index in [0.29, 0.717) is 11.3 Å². The number of carboxylic acid groups (broad SMARTS) is 1. The molecule has 0 aliphatic rings. The molecular weight excluding hydrogens is 522 g/mol. The molecule has 0 fully saturated rings. The number of hydrogen-bond donors (Lipinski definition) is 1. The average molecular weight is 562 g/mol. The van der Waals surface area contributed by atoms with E-state index in [0.717, 1.165) is 39.0 Å². The zero-order chi connectivity index (χ0) is 30.2. The number of benzene rings is 4. The molecule has 0 aliphatic heterocycles. The first kappa shape index (κ1) is 29.0. The SMILES string of the molecule is CC(C)Oc1ccc(-c2c(C(=O)O)n(-c3cccc(OC(C)C)c3)c3ccc(-c4ccc(C(C)(C)C)cc4)cc23)cc1. The summed E-state index contributed by atoms with van der Waals surface area (Å²) in [5.74, 6) is 0.426. The second-order valence-electron chi connectivity index (χ2n) is 12.3. The highest BCUT2D eigenvalue weighted by molar-refractivity contribution is 6.10. The number of fused-ring (bicyclic) bond motifs is 1. The van der Waals surface area contributed by atoms with Crippen molar-refractivity contribution in [3.05, 3.63) is 102 Å². The Morgan fingerprint density at radius 1 is 0.714 bits per heavy atom. The fourth-order valence-corrected chi connectivity index (χ4v) is 5.34. The summed E-state index contributed by atoms with van der Waals surface area (Å²) in [5.41, 5.74) is 6.62. The smallest absolute Gasteiger partial charge is 0.353 e. The molecule has 5 aromatic rings. The Kier molecular flexibility index (Phi) is 7.87. The third kappa shape index (κ3) is 5.91. The van der Waals surface area contributed by atoms with E-state index in [4.69, 9.17) is 9.47 Å². The lowest BCUT2D eigenvalue weighted by Crippen LogP contribution is -2.10. The van der Waals surface area contributed by atoms with Gasteiger partial charge in [0.2, 0.25) is 0 Å². The number of carbonyl (C=O) groups is 1. The lowest BCUT2D eigenvalue weighted by molar-refractivity contribution is 0.0689. The molecule has 0 saturated heterocycles. The van der Waals surface area contributed by atoms with E-state index in [-0.39, 0.29) is 23.3 Å². The molecule has 1 aromatic heterocycles. The zero-order valence-electron chi connectivity index (χ0n) is 25.4. The van der Waals surface area contributed by atoms with Gasteiger partial charge in [-0.2, -0.15) is 0 Å². The number of aromatic nitrogens is 1. The molecule has 0 bridgehead atoms. The predicted octanol–water partition coefficient (Wildman–Crippen LogP) is 9.53. The summed E-state index contributed by atoms with van der Waals surface area (Å²) < 4.78 is 13.6. The van der Waals surface area contributed by atoms with Crippen LogP contribution < -0.4 is 9.47 Å². The number of ether oxygens (including phenoxy) is 2. The Morgan fingerprint density at radius 3 is 1.90 bits per heavy atom. The van der Waals surface area contributed by atoms with Gasteiger partial charge in [0.15, 0.2) is 0 Å². The van der Waals surface area contributed by atoms with E-state index in [2.05, 4.69) is 57.2 Å². The maximum Gasteiger partial charge on any atom is 0.353 e. The summed E-state index contributed by atoms with van der Waals surface area (Å²) in [7, 11) is 0. The standard InChI is InChI=1S/C37H39NO4/c1-23(2)41-30-18-13-26(14-19-30)34-32-21-27(25-11-16-28(17-12-25)37(5,6)7)15-20-33(32)38(35(34)36(39)40)29-9-8-10-31(22-29)42-24(3)4/h8-24H,1-7H3,(H,39,40). The monoisotopic (exact) mass is 561 g/mol. The molecule has 0 aliphatic carbocycles. The molecule has 0 saturated carbocycles. The normalized spacial score (nSPS) is 11.8. The summed E-state index contributed by atoms with van der Waals surface area (Å²) in [6, 6.07) is 30.1. The van der Waals surface area contributed by atoms with Gasteiger partial charge in [-0.15, -0.1) is 0 Å². The topological polar surface area (TPSA) is 60.7 Å². The molecular formula is C37H39NO4. The highest BCUT2D eigenvalue weighted by Gasteiger charge is 2.25. The second-order valence-corrected chi connectivity index (χ2v) is 12.3. The van der Waals surface area contributed by atoms with Crippen LogP contribution >= 0.6 is 0 Å². The van der Waals surface area contributed by atoms with Gasteiger partial charge in [0.1, 0.15) is 17.2 Å². The van der Waals surface area contributed by atoms with E-state index in [1.165, 1.54) is 5.56 Å². The Bertz CT molecular complexity index is 1720. The molecule has 42 heavy (non-hydrogen) atoms. The number of rotatable bonds is 8. The van der Waals surface area contributed by atoms with Crippen molar-refractivity contribution in [2.45, 2.75) is 66.1 Å². The maximum atomic E-state index is 13.0. The third-order valence-electron chi connectivity index (χ3n) is 7.22. The highest BCUT2D eigenvalue weighted by atomic mass is 16.5. The molecule has 4 aromatic carbocycles. The molecule has 5 heteroatoms. The van der Waals surface area contributed by atoms with Crippen molar-refractivity contribution in [1.82, 2.24) is 4.57 Å². The van der Waals surface area contributed by atoms with E-state index < -0.39 is 5.97 Å². The predicted molar refractivity (Wildman–Crippen MR) is 171 cm³/mol. The van der Waals surface area contributed by atoms with Gasteiger partial charge < -0.3 is 19.1 Å². The molecule has 0 radical (unpaired) electrons. The average Bonchev–Trinajstić information content (AvgIpc) is 3.27. The number of hydrogen-bond acceptors (Lipinski definition) is 3. The van der Waals surface area contributed by atoms with Crippen LogP contribution in [0.3, 0.4) is 0 Å². The van der Waals surface area contributed by atoms with E-state index in [9.17, 15) is 9.90 Å². The Hall–Kier alpha value is -4.51. The zero-order valence-corrected chi connectivity index (χ0v) is 25.4. The minimum absolute atomic E-state index is 0.00466. The van der Waals surface area contributed by atoms with Crippen LogP contribution in [0.1, 0.15) is 64.5 Å². The summed E-state index contributed by atoms with van der Waals surface area (Å²) in [6.07, 6.45) is 0.0369. The van der Waals surface area contributed by atoms with Crippen LogP contribution in [0.5, 0.6) is 11.5 Å². The van der Waals surface area contributed by atoms with Crippen LogP contribution in [0.15, 0.2) is 91.0 Å². The molecule has 1 heterocycles. The summed E-state index contributed by atoms with van der Waals surface area (Å²) in [6.45, 7) is 14.5. The summed E-state index contributed by atoms with van der Waals surface area (Å²) >= 11 is 0. The molecule has 1 N–H and O–H groups in total. The van der Waals surface area contributed by atoms with Crippen LogP contribution in [0, 0.1) is 0 Å². The molecule has 216 valence electrons. The largest absolute Gasteiger partial charge is 0.491 e. The number of aromatic carboxylic acids is 1. The van der Waals surface area contributed by atoms with Gasteiger partial charge in [-0.3, -0.25) is 0 Å². The van der Waals surface area contributed by atoms with Gasteiger partial charge in [-0.1, -0.05) is 69.3 Å². The lowest BCUT2D eigenvalue weighted by Gasteiger charge is -2.19. The summed E-state index contributed by atoms with van der Waals surface area (Å²) in [4.78, 5) is 13.0. The van der Waals surface area contributed by atoms with Crippen molar-refractivity contribution in [3.8, 4) is 39.4 Å². The Labute approximate surface area is 248 Å². The van der Waals surface area contributed by atoms with Crippen molar-refractivity contribution >= 4 is 16.9 Å². The minimum Gasteiger partial charge on any atom is -0.491 e. The molecule has 5 nitrogen and oxygen atoms in total. The van der Waals surface area contributed by atoms with Gasteiger partial charge in [0.25, 0.3) is 0 Å². The number of nitrogens with zero attached hydrogens (tertiary/aromatic N) is 1. The molecule has 0 amide bonds. The Balaban J connectivity index is 1.76. The van der Waals surface area contributed by atoms with Crippen LogP contribution in [-0.2, 0) is 5.41 Å². The Morgan fingerprint density at radius 2 is 1.31 bits per heavy atom. The first-order chi connectivity index (χ1) is 19.9. The van der Waals surface area contributed by atoms with Crippen LogP contribution in [0.2, 0.25) is 0 Å². The summed E-state index contributed by atoms with van der Waals surface area (Å²) in [5, 5.41) is 11.5. The molecule has 5 rings (SSSR count). The maximum absolute atomic E-state index is 13.0. The quantitative estimate of drug-likeness (QED) is 0.205. The number of carboxylic acids is 1. The van der Waals surface area contributed by atoms with E-state index in [1.807, 2.05) is 86.9 Å². The van der Waals surface area contributed by atoms with Gasteiger partial charge in [0, 0.05) is 17.0 Å². The van der Waals surface area contributed by atoms with Gasteiger partial charge >= 0.3 is 5.97 Å². The van der Waals surface area contributed by atoms with Crippen molar-refractivity contribution in [3.63, 3.8) is 0 Å². The van der Waals surface area contributed by atoms with Gasteiger partial charge in [0.05, 0.1) is 23.4 Å². The fraction of sp³-hybridized carbons (Fsp3) is 0.270. The fourth-order valence-electron chi connectivity index (χ4n) is 5.34. The lowest BCUT2D eigenvalue weighted by atomic mass is 9.86. The van der Waals surface area contributed by atoms with E-state index in [1.54, 1.807) is 0 Å².